The van der Waals surface area contributed by atoms with Crippen LogP contribution in [0.2, 0.25) is 0 Å². The number of hydroxylamine groups is 2. The molecule has 0 spiro atoms. The van der Waals surface area contributed by atoms with Crippen LogP contribution in [0.25, 0.3) is 5.69 Å². The molecular weight excluding hydrogens is 320 g/mol. The van der Waals surface area contributed by atoms with Gasteiger partial charge in [-0.25, -0.2) is 9.75 Å². The molecule has 0 radical (unpaired) electrons. The molecule has 1 N–H and O–H groups in total. The molecule has 25 heavy (non-hydrogen) atoms. The number of aryl methyl sites for hydroxylation is 2. The molecule has 0 bridgehead atoms. The van der Waals surface area contributed by atoms with Gasteiger partial charge in [0, 0.05) is 0 Å². The SMILES string of the molecule is Cc1ccccc1-n1nc(C)c(C(=O)NCC(=O)N2CCCO2)c1C. The Balaban J connectivity index is 1.77. The van der Waals surface area contributed by atoms with Crippen LogP contribution in [0.4, 0.5) is 0 Å². The number of nitrogens with zero attached hydrogens (tertiary/aromatic N) is 3. The van der Waals surface area contributed by atoms with Crippen LogP contribution in [0.3, 0.4) is 0 Å². The summed E-state index contributed by atoms with van der Waals surface area (Å²) in [7, 11) is 0. The number of carbonyl (C=O) groups is 2. The predicted molar refractivity (Wildman–Crippen MR) is 92.4 cm³/mol. The van der Waals surface area contributed by atoms with Crippen LogP contribution < -0.4 is 5.32 Å². The summed E-state index contributed by atoms with van der Waals surface area (Å²) in [4.78, 5) is 29.7. The second-order valence-electron chi connectivity index (χ2n) is 6.11. The summed E-state index contributed by atoms with van der Waals surface area (Å²) < 4.78 is 1.77. The standard InChI is InChI=1S/C18H22N4O3/c1-12-7-4-5-8-15(12)22-14(3)17(13(2)20-22)18(24)19-11-16(23)21-9-6-10-25-21/h4-5,7-8H,6,9-11H2,1-3H3,(H,19,24). The molecule has 0 aliphatic carbocycles. The van der Waals surface area contributed by atoms with E-state index >= 15 is 0 Å². The van der Waals surface area contributed by atoms with Crippen molar-refractivity contribution < 1.29 is 14.4 Å². The summed E-state index contributed by atoms with van der Waals surface area (Å²) >= 11 is 0. The topological polar surface area (TPSA) is 76.5 Å². The van der Waals surface area contributed by atoms with E-state index in [1.54, 1.807) is 11.6 Å². The largest absolute Gasteiger partial charge is 0.343 e. The molecular formula is C18H22N4O3. The average molecular weight is 342 g/mol. The van der Waals surface area contributed by atoms with Crippen LogP contribution in [-0.2, 0) is 9.63 Å². The first kappa shape index (κ1) is 17.2. The van der Waals surface area contributed by atoms with Gasteiger partial charge in [0.2, 0.25) is 0 Å². The van der Waals surface area contributed by atoms with Gasteiger partial charge in [0.1, 0.15) is 0 Å². The van der Waals surface area contributed by atoms with Crippen LogP contribution in [0, 0.1) is 20.8 Å². The highest BCUT2D eigenvalue weighted by molar-refractivity contribution is 5.98. The molecule has 7 heteroatoms. The van der Waals surface area contributed by atoms with Crippen LogP contribution in [0.1, 0.15) is 33.7 Å². The van der Waals surface area contributed by atoms with E-state index in [-0.39, 0.29) is 18.4 Å². The Kier molecular flexibility index (Phi) is 4.85. The molecule has 0 atom stereocenters. The van der Waals surface area contributed by atoms with E-state index in [9.17, 15) is 9.59 Å². The average Bonchev–Trinajstić information content (AvgIpc) is 3.21. The van der Waals surface area contributed by atoms with E-state index in [4.69, 9.17) is 4.84 Å². The molecule has 2 heterocycles. The summed E-state index contributed by atoms with van der Waals surface area (Å²) in [5, 5.41) is 8.48. The molecule has 0 saturated carbocycles. The van der Waals surface area contributed by atoms with Crippen LogP contribution in [0.15, 0.2) is 24.3 Å². The molecule has 0 unspecified atom stereocenters. The van der Waals surface area contributed by atoms with Crippen molar-refractivity contribution in [1.82, 2.24) is 20.2 Å². The van der Waals surface area contributed by atoms with E-state index < -0.39 is 0 Å². The highest BCUT2D eigenvalue weighted by Gasteiger charge is 2.23. The third kappa shape index (κ3) is 3.41. The van der Waals surface area contributed by atoms with Crippen molar-refractivity contribution >= 4 is 11.8 Å². The lowest BCUT2D eigenvalue weighted by Crippen LogP contribution is -2.38. The van der Waals surface area contributed by atoms with E-state index in [1.165, 1.54) is 5.06 Å². The van der Waals surface area contributed by atoms with Gasteiger partial charge in [-0.1, -0.05) is 18.2 Å². The van der Waals surface area contributed by atoms with Gasteiger partial charge in [-0.2, -0.15) is 5.10 Å². The second-order valence-corrected chi connectivity index (χ2v) is 6.11. The minimum absolute atomic E-state index is 0.0900. The first-order chi connectivity index (χ1) is 12.0. The molecule has 1 saturated heterocycles. The first-order valence-electron chi connectivity index (χ1n) is 8.32. The molecule has 7 nitrogen and oxygen atoms in total. The Morgan fingerprint density at radius 1 is 1.24 bits per heavy atom. The van der Waals surface area contributed by atoms with Crippen molar-refractivity contribution in [1.29, 1.82) is 0 Å². The number of nitrogens with one attached hydrogen (secondary N) is 1. The van der Waals surface area contributed by atoms with E-state index in [2.05, 4.69) is 10.4 Å². The highest BCUT2D eigenvalue weighted by Crippen LogP contribution is 2.20. The lowest BCUT2D eigenvalue weighted by molar-refractivity contribution is -0.167. The van der Waals surface area contributed by atoms with Crippen molar-refractivity contribution in [3.8, 4) is 5.69 Å². The number of benzene rings is 1. The molecule has 1 aromatic heterocycles. The Morgan fingerprint density at radius 3 is 2.68 bits per heavy atom. The summed E-state index contributed by atoms with van der Waals surface area (Å²) in [6.45, 7) is 6.67. The maximum absolute atomic E-state index is 12.6. The third-order valence-corrected chi connectivity index (χ3v) is 4.29. The van der Waals surface area contributed by atoms with Crippen molar-refractivity contribution in [2.75, 3.05) is 19.7 Å². The minimum Gasteiger partial charge on any atom is -0.343 e. The molecule has 132 valence electrons. The maximum atomic E-state index is 12.6. The van der Waals surface area contributed by atoms with Gasteiger partial charge in [0.15, 0.2) is 0 Å². The summed E-state index contributed by atoms with van der Waals surface area (Å²) in [6.07, 6.45) is 0.821. The zero-order chi connectivity index (χ0) is 18.0. The Morgan fingerprint density at radius 2 is 2.00 bits per heavy atom. The second kappa shape index (κ2) is 7.06. The van der Waals surface area contributed by atoms with Crippen molar-refractivity contribution in [2.45, 2.75) is 27.2 Å². The molecule has 2 amide bonds. The zero-order valence-corrected chi connectivity index (χ0v) is 14.7. The normalized spacial score (nSPS) is 14.0. The highest BCUT2D eigenvalue weighted by atomic mass is 16.7. The Bertz CT molecular complexity index is 807. The summed E-state index contributed by atoms with van der Waals surface area (Å²) in [5.41, 5.74) is 3.88. The number of carbonyl (C=O) groups excluding carboxylic acids is 2. The fourth-order valence-electron chi connectivity index (χ4n) is 2.98. The Hall–Kier alpha value is -2.67. The van der Waals surface area contributed by atoms with E-state index in [1.807, 2.05) is 38.1 Å². The fourth-order valence-corrected chi connectivity index (χ4v) is 2.98. The van der Waals surface area contributed by atoms with E-state index in [0.29, 0.717) is 24.4 Å². The van der Waals surface area contributed by atoms with Gasteiger partial charge in [0.25, 0.3) is 11.8 Å². The first-order valence-corrected chi connectivity index (χ1v) is 8.32. The van der Waals surface area contributed by atoms with Gasteiger partial charge < -0.3 is 5.32 Å². The minimum atomic E-state index is -0.303. The lowest BCUT2D eigenvalue weighted by Gasteiger charge is -2.14. The van der Waals surface area contributed by atoms with Crippen LogP contribution >= 0.6 is 0 Å². The predicted octanol–water partition coefficient (Wildman–Crippen LogP) is 1.69. The smallest absolute Gasteiger partial charge is 0.265 e. The quantitative estimate of drug-likeness (QED) is 0.917. The van der Waals surface area contributed by atoms with Gasteiger partial charge in [-0.05, 0) is 38.8 Å². The molecule has 1 aliphatic heterocycles. The van der Waals surface area contributed by atoms with Crippen molar-refractivity contribution in [3.63, 3.8) is 0 Å². The monoisotopic (exact) mass is 342 g/mol. The number of para-hydroxylation sites is 1. The number of amides is 2. The number of rotatable bonds is 4. The van der Waals surface area contributed by atoms with Gasteiger partial charge in [-0.3, -0.25) is 14.4 Å². The van der Waals surface area contributed by atoms with Gasteiger partial charge in [-0.15, -0.1) is 0 Å². The van der Waals surface area contributed by atoms with E-state index in [0.717, 1.165) is 23.4 Å². The molecule has 1 aliphatic rings. The summed E-state index contributed by atoms with van der Waals surface area (Å²) in [6, 6.07) is 7.86. The maximum Gasteiger partial charge on any atom is 0.265 e. The molecule has 3 rings (SSSR count). The number of hydrogen-bond donors (Lipinski definition) is 1. The molecule has 1 aromatic carbocycles. The lowest BCUT2D eigenvalue weighted by atomic mass is 10.1. The van der Waals surface area contributed by atoms with Crippen LogP contribution in [-0.4, -0.2) is 46.4 Å². The van der Waals surface area contributed by atoms with Crippen molar-refractivity contribution in [3.05, 3.63) is 46.8 Å². The number of hydrogen-bond acceptors (Lipinski definition) is 4. The Labute approximate surface area is 146 Å². The van der Waals surface area contributed by atoms with Crippen molar-refractivity contribution in [2.24, 2.45) is 0 Å². The summed E-state index contributed by atoms with van der Waals surface area (Å²) in [5.74, 6) is -0.546. The molecule has 1 fully saturated rings. The molecule has 2 aromatic rings. The van der Waals surface area contributed by atoms with Gasteiger partial charge in [0.05, 0.1) is 42.3 Å². The van der Waals surface area contributed by atoms with Gasteiger partial charge >= 0.3 is 0 Å². The fraction of sp³-hybridized carbons (Fsp3) is 0.389. The number of aromatic nitrogens is 2. The zero-order valence-electron chi connectivity index (χ0n) is 14.7. The van der Waals surface area contributed by atoms with Crippen LogP contribution in [0.5, 0.6) is 0 Å². The third-order valence-electron chi connectivity index (χ3n) is 4.29.